The van der Waals surface area contributed by atoms with Gasteiger partial charge in [-0.15, -0.1) is 0 Å². The summed E-state index contributed by atoms with van der Waals surface area (Å²) in [5.74, 6) is 0.906. The smallest absolute Gasteiger partial charge is 0.165 e. The molecule has 4 heteroatoms. The second-order valence-corrected chi connectivity index (χ2v) is 5.88. The Labute approximate surface area is 125 Å². The van der Waals surface area contributed by atoms with Gasteiger partial charge in [0.05, 0.1) is 11.6 Å². The summed E-state index contributed by atoms with van der Waals surface area (Å²) in [6.45, 7) is 3.24. The minimum Gasteiger partial charge on any atom is -0.380 e. The van der Waals surface area contributed by atoms with Gasteiger partial charge in [0, 0.05) is 31.7 Å². The fourth-order valence-corrected chi connectivity index (χ4v) is 2.22. The van der Waals surface area contributed by atoms with E-state index in [4.69, 9.17) is 16.3 Å². The van der Waals surface area contributed by atoms with Crippen LogP contribution in [0, 0.1) is 5.92 Å². The lowest BCUT2D eigenvalue weighted by Crippen LogP contribution is -2.26. The van der Waals surface area contributed by atoms with Crippen molar-refractivity contribution in [3.05, 3.63) is 34.9 Å². The van der Waals surface area contributed by atoms with Crippen LogP contribution < -0.4 is 0 Å². The minimum atomic E-state index is 0.0985. The summed E-state index contributed by atoms with van der Waals surface area (Å²) in [5, 5.41) is 0.535. The minimum absolute atomic E-state index is 0.0985. The van der Waals surface area contributed by atoms with Crippen molar-refractivity contribution < 1.29 is 9.53 Å². The number of rotatable bonds is 9. The van der Waals surface area contributed by atoms with E-state index in [1.165, 1.54) is 12.8 Å². The second-order valence-electron chi connectivity index (χ2n) is 5.47. The van der Waals surface area contributed by atoms with Crippen molar-refractivity contribution in [3.63, 3.8) is 0 Å². The highest BCUT2D eigenvalue weighted by Crippen LogP contribution is 2.28. The average molecular weight is 296 g/mol. The maximum Gasteiger partial charge on any atom is 0.165 e. The highest BCUT2D eigenvalue weighted by atomic mass is 35.5. The second kappa shape index (κ2) is 7.77. The first kappa shape index (κ1) is 15.5. The highest BCUT2D eigenvalue weighted by Gasteiger charge is 2.21. The van der Waals surface area contributed by atoms with Crippen molar-refractivity contribution in [3.8, 4) is 0 Å². The Kier molecular flexibility index (Phi) is 6.02. The number of benzene rings is 1. The third kappa shape index (κ3) is 5.23. The molecule has 0 atom stereocenters. The van der Waals surface area contributed by atoms with Gasteiger partial charge in [0.1, 0.15) is 0 Å². The van der Waals surface area contributed by atoms with E-state index in [0.717, 1.165) is 32.2 Å². The van der Waals surface area contributed by atoms with Gasteiger partial charge in [-0.1, -0.05) is 23.7 Å². The molecule has 1 fully saturated rings. The van der Waals surface area contributed by atoms with Crippen LogP contribution in [0.25, 0.3) is 0 Å². The van der Waals surface area contributed by atoms with Gasteiger partial charge in [0.25, 0.3) is 0 Å². The fourth-order valence-electron chi connectivity index (χ4n) is 1.98. The van der Waals surface area contributed by atoms with Gasteiger partial charge in [0.15, 0.2) is 5.78 Å². The molecule has 0 saturated heterocycles. The van der Waals surface area contributed by atoms with Gasteiger partial charge in [-0.25, -0.2) is 0 Å². The van der Waals surface area contributed by atoms with Gasteiger partial charge < -0.3 is 9.64 Å². The third-order valence-corrected chi connectivity index (χ3v) is 3.89. The van der Waals surface area contributed by atoms with E-state index in [2.05, 4.69) is 4.90 Å². The number of hydrogen-bond donors (Lipinski definition) is 0. The van der Waals surface area contributed by atoms with Crippen molar-refractivity contribution in [2.75, 3.05) is 33.4 Å². The first-order chi connectivity index (χ1) is 9.66. The number of carbonyl (C=O) groups excluding carboxylic acids is 1. The number of halogens is 1. The van der Waals surface area contributed by atoms with Crippen molar-refractivity contribution in [2.45, 2.75) is 19.3 Å². The highest BCUT2D eigenvalue weighted by molar-refractivity contribution is 6.33. The molecule has 1 aromatic rings. The van der Waals surface area contributed by atoms with E-state index in [-0.39, 0.29) is 5.78 Å². The number of hydrogen-bond acceptors (Lipinski definition) is 3. The summed E-state index contributed by atoms with van der Waals surface area (Å²) in [7, 11) is 2.01. The van der Waals surface area contributed by atoms with E-state index >= 15 is 0 Å². The molecule has 2 rings (SSSR count). The molecule has 0 unspecified atom stereocenters. The standard InChI is InChI=1S/C16H22ClNO2/c1-18(10-11-20-12-13-6-7-13)9-8-16(19)14-4-2-3-5-15(14)17/h2-5,13H,6-12H2,1H3. The summed E-state index contributed by atoms with van der Waals surface area (Å²) in [5.41, 5.74) is 0.618. The molecule has 1 aromatic carbocycles. The van der Waals surface area contributed by atoms with E-state index in [9.17, 15) is 4.79 Å². The SMILES string of the molecule is CN(CCOCC1CC1)CCC(=O)c1ccccc1Cl. The van der Waals surface area contributed by atoms with Crippen LogP contribution in [-0.4, -0.2) is 44.0 Å². The first-order valence-electron chi connectivity index (χ1n) is 7.21. The van der Waals surface area contributed by atoms with E-state index < -0.39 is 0 Å². The van der Waals surface area contributed by atoms with Crippen LogP contribution in [0.5, 0.6) is 0 Å². The third-order valence-electron chi connectivity index (χ3n) is 3.56. The zero-order valence-electron chi connectivity index (χ0n) is 12.0. The molecular formula is C16H22ClNO2. The van der Waals surface area contributed by atoms with Crippen LogP contribution in [0.15, 0.2) is 24.3 Å². The normalized spacial score (nSPS) is 14.8. The molecule has 0 radical (unpaired) electrons. The first-order valence-corrected chi connectivity index (χ1v) is 7.58. The molecule has 0 bridgehead atoms. The van der Waals surface area contributed by atoms with Gasteiger partial charge in [0.2, 0.25) is 0 Å². The number of ketones is 1. The molecule has 1 saturated carbocycles. The number of carbonyl (C=O) groups is 1. The zero-order valence-corrected chi connectivity index (χ0v) is 12.7. The Bertz CT molecular complexity index is 446. The van der Waals surface area contributed by atoms with E-state index in [0.29, 0.717) is 17.0 Å². The molecule has 3 nitrogen and oxygen atoms in total. The van der Waals surface area contributed by atoms with Crippen LogP contribution in [0.1, 0.15) is 29.6 Å². The largest absolute Gasteiger partial charge is 0.380 e. The molecule has 0 N–H and O–H groups in total. The van der Waals surface area contributed by atoms with Crippen molar-refractivity contribution >= 4 is 17.4 Å². The predicted molar refractivity (Wildman–Crippen MR) is 81.4 cm³/mol. The number of nitrogens with zero attached hydrogens (tertiary/aromatic N) is 1. The summed E-state index contributed by atoms with van der Waals surface area (Å²) in [4.78, 5) is 14.2. The Morgan fingerprint density at radius 2 is 2.10 bits per heavy atom. The van der Waals surface area contributed by atoms with Crippen molar-refractivity contribution in [1.29, 1.82) is 0 Å². The van der Waals surface area contributed by atoms with Gasteiger partial charge in [-0.2, -0.15) is 0 Å². The molecule has 1 aliphatic rings. The molecule has 0 spiro atoms. The Hall–Kier alpha value is -0.900. The zero-order chi connectivity index (χ0) is 14.4. The Morgan fingerprint density at radius 1 is 1.35 bits per heavy atom. The topological polar surface area (TPSA) is 29.5 Å². The molecule has 1 aliphatic carbocycles. The molecular weight excluding hydrogens is 274 g/mol. The molecule has 0 aromatic heterocycles. The summed E-state index contributed by atoms with van der Waals surface area (Å²) < 4.78 is 5.59. The number of likely N-dealkylation sites (N-methyl/N-ethyl adjacent to an activating group) is 1. The Balaban J connectivity index is 1.63. The molecule has 110 valence electrons. The van der Waals surface area contributed by atoms with Crippen LogP contribution in [0.2, 0.25) is 5.02 Å². The maximum absolute atomic E-state index is 12.1. The number of ether oxygens (including phenoxy) is 1. The summed E-state index contributed by atoms with van der Waals surface area (Å²) in [6, 6.07) is 7.21. The molecule has 0 aliphatic heterocycles. The number of Topliss-reactive ketones (excluding diaryl/α,β-unsaturated/α-hetero) is 1. The van der Waals surface area contributed by atoms with Crippen molar-refractivity contribution in [2.24, 2.45) is 5.92 Å². The molecule has 0 amide bonds. The van der Waals surface area contributed by atoms with Gasteiger partial charge in [-0.3, -0.25) is 4.79 Å². The van der Waals surface area contributed by atoms with E-state index in [1.807, 2.05) is 19.2 Å². The Morgan fingerprint density at radius 3 is 2.80 bits per heavy atom. The lowest BCUT2D eigenvalue weighted by Gasteiger charge is -2.16. The lowest BCUT2D eigenvalue weighted by molar-refractivity contribution is 0.0918. The molecule has 20 heavy (non-hydrogen) atoms. The van der Waals surface area contributed by atoms with E-state index in [1.54, 1.807) is 12.1 Å². The maximum atomic E-state index is 12.1. The quantitative estimate of drug-likeness (QED) is 0.517. The average Bonchev–Trinajstić information content (AvgIpc) is 3.25. The van der Waals surface area contributed by atoms with Crippen LogP contribution in [-0.2, 0) is 4.74 Å². The predicted octanol–water partition coefficient (Wildman–Crippen LogP) is 3.27. The van der Waals surface area contributed by atoms with Crippen LogP contribution >= 0.6 is 11.6 Å². The monoisotopic (exact) mass is 295 g/mol. The molecule has 0 heterocycles. The van der Waals surface area contributed by atoms with Gasteiger partial charge >= 0.3 is 0 Å². The summed E-state index contributed by atoms with van der Waals surface area (Å²) >= 11 is 6.02. The van der Waals surface area contributed by atoms with Crippen LogP contribution in [0.4, 0.5) is 0 Å². The van der Waals surface area contributed by atoms with Crippen molar-refractivity contribution in [1.82, 2.24) is 4.90 Å². The van der Waals surface area contributed by atoms with Gasteiger partial charge in [-0.05, 0) is 37.9 Å². The lowest BCUT2D eigenvalue weighted by atomic mass is 10.1. The summed E-state index contributed by atoms with van der Waals surface area (Å²) in [6.07, 6.45) is 3.13. The fraction of sp³-hybridized carbons (Fsp3) is 0.562. The van der Waals surface area contributed by atoms with Crippen LogP contribution in [0.3, 0.4) is 0 Å².